The van der Waals surface area contributed by atoms with Crippen molar-refractivity contribution in [1.29, 1.82) is 0 Å². The summed E-state index contributed by atoms with van der Waals surface area (Å²) >= 11 is 0. The summed E-state index contributed by atoms with van der Waals surface area (Å²) in [5, 5.41) is 6.25. The van der Waals surface area contributed by atoms with E-state index in [1.54, 1.807) is 13.1 Å². The van der Waals surface area contributed by atoms with Gasteiger partial charge >= 0.3 is 0 Å². The lowest BCUT2D eigenvalue weighted by Gasteiger charge is -2.12. The molecule has 7 heteroatoms. The summed E-state index contributed by atoms with van der Waals surface area (Å²) in [7, 11) is -1.48. The highest BCUT2D eigenvalue weighted by molar-refractivity contribution is 7.90. The first-order valence-corrected chi connectivity index (χ1v) is 10.7. The number of rotatable bonds is 9. The summed E-state index contributed by atoms with van der Waals surface area (Å²) in [5.41, 5.74) is 1.71. The molecule has 0 aliphatic carbocycles. The van der Waals surface area contributed by atoms with E-state index in [2.05, 4.69) is 15.6 Å². The summed E-state index contributed by atoms with van der Waals surface area (Å²) in [6, 6.07) is 15.7. The molecule has 0 aliphatic heterocycles. The van der Waals surface area contributed by atoms with Gasteiger partial charge in [-0.2, -0.15) is 0 Å². The van der Waals surface area contributed by atoms with Crippen LogP contribution in [0.5, 0.6) is 0 Å². The topological polar surface area (TPSA) is 70.6 Å². The fourth-order valence-corrected chi connectivity index (χ4v) is 4.07. The summed E-state index contributed by atoms with van der Waals surface area (Å²) in [4.78, 5) is 4.11. The third-order valence-corrected chi connectivity index (χ3v) is 5.66. The van der Waals surface area contributed by atoms with Gasteiger partial charge in [0.25, 0.3) is 0 Å². The van der Waals surface area contributed by atoms with Gasteiger partial charge in [0, 0.05) is 20.1 Å². The monoisotopic (exact) mass is 391 g/mol. The van der Waals surface area contributed by atoms with Crippen LogP contribution in [0.1, 0.15) is 17.5 Å². The Morgan fingerprint density at radius 2 is 1.70 bits per heavy atom. The molecular weight excluding hydrogens is 365 g/mol. The van der Waals surface area contributed by atoms with Crippen molar-refractivity contribution < 1.29 is 12.8 Å². The van der Waals surface area contributed by atoms with E-state index in [9.17, 15) is 12.8 Å². The average molecular weight is 392 g/mol. The second-order valence-electron chi connectivity index (χ2n) is 6.24. The number of hydrogen-bond acceptors (Lipinski definition) is 3. The van der Waals surface area contributed by atoms with Crippen molar-refractivity contribution in [1.82, 2.24) is 10.6 Å². The van der Waals surface area contributed by atoms with Crippen LogP contribution in [-0.4, -0.2) is 40.3 Å². The molecule has 0 aliphatic rings. The van der Waals surface area contributed by atoms with Gasteiger partial charge in [-0.1, -0.05) is 42.5 Å². The zero-order chi connectivity index (χ0) is 19.5. The first-order chi connectivity index (χ1) is 13.0. The Bertz CT molecular complexity index is 839. The quantitative estimate of drug-likeness (QED) is 0.392. The number of halogens is 1. The van der Waals surface area contributed by atoms with E-state index in [0.717, 1.165) is 11.1 Å². The highest BCUT2D eigenvalue weighted by Crippen LogP contribution is 2.07. The second-order valence-corrected chi connectivity index (χ2v) is 8.42. The van der Waals surface area contributed by atoms with Crippen LogP contribution in [0.2, 0.25) is 0 Å². The maximum absolute atomic E-state index is 13.2. The molecule has 2 aromatic rings. The van der Waals surface area contributed by atoms with E-state index < -0.39 is 9.84 Å². The Morgan fingerprint density at radius 1 is 1.00 bits per heavy atom. The predicted octanol–water partition coefficient (Wildman–Crippen LogP) is 2.54. The van der Waals surface area contributed by atoms with E-state index in [1.807, 2.05) is 36.4 Å². The van der Waals surface area contributed by atoms with Gasteiger partial charge in [-0.05, 0) is 36.1 Å². The Morgan fingerprint density at radius 3 is 2.41 bits per heavy atom. The predicted molar refractivity (Wildman–Crippen MR) is 108 cm³/mol. The first kappa shape index (κ1) is 20.9. The van der Waals surface area contributed by atoms with Crippen molar-refractivity contribution >= 4 is 15.8 Å². The number of hydrogen-bond donors (Lipinski definition) is 2. The Balaban J connectivity index is 1.67. The SMILES string of the molecule is CN=C(NCCCS(=O)(=O)Cc1ccccc1)NCCc1cccc(F)c1. The molecule has 0 unspecified atom stereocenters. The van der Waals surface area contributed by atoms with E-state index in [0.29, 0.717) is 31.9 Å². The number of benzene rings is 2. The zero-order valence-corrected chi connectivity index (χ0v) is 16.3. The van der Waals surface area contributed by atoms with E-state index in [-0.39, 0.29) is 17.3 Å². The molecule has 0 atom stereocenters. The second kappa shape index (κ2) is 10.7. The van der Waals surface area contributed by atoms with Crippen LogP contribution in [0, 0.1) is 5.82 Å². The molecule has 0 fully saturated rings. The number of sulfone groups is 1. The Kier molecular flexibility index (Phi) is 8.26. The average Bonchev–Trinajstić information content (AvgIpc) is 2.64. The van der Waals surface area contributed by atoms with Crippen LogP contribution < -0.4 is 10.6 Å². The van der Waals surface area contributed by atoms with Crippen LogP contribution in [0.15, 0.2) is 59.6 Å². The largest absolute Gasteiger partial charge is 0.356 e. The smallest absolute Gasteiger partial charge is 0.190 e. The van der Waals surface area contributed by atoms with Crippen LogP contribution in [0.25, 0.3) is 0 Å². The highest BCUT2D eigenvalue weighted by Gasteiger charge is 2.11. The number of guanidine groups is 1. The van der Waals surface area contributed by atoms with Gasteiger partial charge < -0.3 is 10.6 Å². The lowest BCUT2D eigenvalue weighted by atomic mass is 10.1. The van der Waals surface area contributed by atoms with Crippen LogP contribution in [0.4, 0.5) is 4.39 Å². The van der Waals surface area contributed by atoms with Crippen LogP contribution >= 0.6 is 0 Å². The maximum atomic E-state index is 13.2. The molecule has 0 heterocycles. The van der Waals surface area contributed by atoms with Crippen LogP contribution in [-0.2, 0) is 22.0 Å². The lowest BCUT2D eigenvalue weighted by Crippen LogP contribution is -2.39. The van der Waals surface area contributed by atoms with E-state index in [4.69, 9.17) is 0 Å². The van der Waals surface area contributed by atoms with Gasteiger partial charge in [-0.3, -0.25) is 4.99 Å². The minimum Gasteiger partial charge on any atom is -0.356 e. The number of nitrogens with one attached hydrogen (secondary N) is 2. The molecule has 2 aromatic carbocycles. The Labute approximate surface area is 160 Å². The minimum atomic E-state index is -3.13. The molecule has 146 valence electrons. The summed E-state index contributed by atoms with van der Waals surface area (Å²) in [5.74, 6) is 0.544. The number of aliphatic imine (C=N–C) groups is 1. The summed E-state index contributed by atoms with van der Waals surface area (Å²) in [6.45, 7) is 1.11. The Hall–Kier alpha value is -2.41. The van der Waals surface area contributed by atoms with Gasteiger partial charge in [0.05, 0.1) is 11.5 Å². The molecule has 0 bridgehead atoms. The molecule has 2 rings (SSSR count). The molecule has 27 heavy (non-hydrogen) atoms. The molecule has 0 aromatic heterocycles. The maximum Gasteiger partial charge on any atom is 0.190 e. The van der Waals surface area contributed by atoms with Gasteiger partial charge in [0.2, 0.25) is 0 Å². The van der Waals surface area contributed by atoms with Crippen LogP contribution in [0.3, 0.4) is 0 Å². The summed E-state index contributed by atoms with van der Waals surface area (Å²) in [6.07, 6.45) is 1.17. The lowest BCUT2D eigenvalue weighted by molar-refractivity contribution is 0.591. The number of nitrogens with zero attached hydrogens (tertiary/aromatic N) is 1. The molecule has 0 saturated heterocycles. The fraction of sp³-hybridized carbons (Fsp3) is 0.350. The molecule has 0 spiro atoms. The molecular formula is C20H26FN3O2S. The highest BCUT2D eigenvalue weighted by atomic mass is 32.2. The van der Waals surface area contributed by atoms with Gasteiger partial charge in [0.15, 0.2) is 15.8 Å². The first-order valence-electron chi connectivity index (χ1n) is 8.92. The fourth-order valence-electron chi connectivity index (χ4n) is 2.64. The van der Waals surface area contributed by atoms with Gasteiger partial charge in [-0.15, -0.1) is 0 Å². The molecule has 0 amide bonds. The van der Waals surface area contributed by atoms with Crippen molar-refractivity contribution in [2.45, 2.75) is 18.6 Å². The molecule has 2 N–H and O–H groups in total. The van der Waals surface area contributed by atoms with Crippen molar-refractivity contribution in [3.05, 3.63) is 71.5 Å². The van der Waals surface area contributed by atoms with Crippen molar-refractivity contribution in [2.24, 2.45) is 4.99 Å². The van der Waals surface area contributed by atoms with Gasteiger partial charge in [-0.25, -0.2) is 12.8 Å². The standard InChI is InChI=1S/C20H26FN3O2S/c1-22-20(24-13-11-17-9-5-10-19(21)15-17)23-12-6-14-27(25,26)16-18-7-3-2-4-8-18/h2-5,7-10,15H,6,11-14,16H2,1H3,(H2,22,23,24). The normalized spacial score (nSPS) is 12.0. The van der Waals surface area contributed by atoms with Crippen molar-refractivity contribution in [3.63, 3.8) is 0 Å². The summed E-state index contributed by atoms with van der Waals surface area (Å²) < 4.78 is 37.5. The van der Waals surface area contributed by atoms with E-state index >= 15 is 0 Å². The van der Waals surface area contributed by atoms with Crippen molar-refractivity contribution in [2.75, 3.05) is 25.9 Å². The molecule has 0 radical (unpaired) electrons. The van der Waals surface area contributed by atoms with Gasteiger partial charge in [0.1, 0.15) is 5.82 Å². The molecule has 5 nitrogen and oxygen atoms in total. The molecule has 0 saturated carbocycles. The minimum absolute atomic E-state index is 0.0639. The zero-order valence-electron chi connectivity index (χ0n) is 15.5. The van der Waals surface area contributed by atoms with Crippen molar-refractivity contribution in [3.8, 4) is 0 Å². The third-order valence-electron chi connectivity index (χ3n) is 3.97. The van der Waals surface area contributed by atoms with E-state index in [1.165, 1.54) is 12.1 Å². The third kappa shape index (κ3) is 8.21.